The first-order valence-electron chi connectivity index (χ1n) is 20.7. The zero-order valence-electron chi connectivity index (χ0n) is 30.9. The van der Waals surface area contributed by atoms with Crippen molar-refractivity contribution in [2.75, 3.05) is 0 Å². The topological polar surface area (TPSA) is 0 Å². The Hall–Kier alpha value is -1.35. The number of hydrogen-bond acceptors (Lipinski definition) is 0. The van der Waals surface area contributed by atoms with Gasteiger partial charge in [-0.2, -0.15) is 0 Å². The summed E-state index contributed by atoms with van der Waals surface area (Å²) in [6.45, 7) is 2.32. The molecule has 0 atom stereocenters. The van der Waals surface area contributed by atoms with Gasteiger partial charge in [-0.05, 0) is 65.7 Å². The summed E-state index contributed by atoms with van der Waals surface area (Å²) in [5.41, 5.74) is 8.59. The Bertz CT molecular complexity index is 1100. The third kappa shape index (κ3) is 12.7. The fourth-order valence-corrected chi connectivity index (χ4v) is 14.6. The minimum atomic E-state index is -6.00. The lowest BCUT2D eigenvalue weighted by Gasteiger charge is -2.50. The van der Waals surface area contributed by atoms with Gasteiger partial charge in [0.15, 0.2) is 0 Å². The van der Waals surface area contributed by atoms with E-state index < -0.39 is 7.25 Å². The van der Waals surface area contributed by atoms with Crippen molar-refractivity contribution in [2.45, 2.75) is 197 Å². The smallest absolute Gasteiger partial charge is 0.418 e. The summed E-state index contributed by atoms with van der Waals surface area (Å²) in [4.78, 5) is 0. The molecule has 0 saturated heterocycles. The third-order valence-corrected chi connectivity index (χ3v) is 16.0. The molecule has 5 rings (SSSR count). The number of hydrogen-bond donors (Lipinski definition) is 0. The van der Waals surface area contributed by atoms with E-state index >= 15 is 0 Å². The van der Waals surface area contributed by atoms with Crippen LogP contribution in [0, 0.1) is 0 Å². The number of fused-ring (bicyclic) bond motifs is 3. The van der Waals surface area contributed by atoms with Crippen molar-refractivity contribution in [3.05, 3.63) is 59.7 Å². The maximum Gasteiger partial charge on any atom is 0.673 e. The van der Waals surface area contributed by atoms with E-state index in [-0.39, 0.29) is 7.92 Å². The van der Waals surface area contributed by atoms with E-state index in [0.717, 1.165) is 11.3 Å². The van der Waals surface area contributed by atoms with E-state index in [9.17, 15) is 17.3 Å². The van der Waals surface area contributed by atoms with E-state index in [2.05, 4.69) is 55.5 Å². The zero-order valence-corrected chi connectivity index (χ0v) is 31.8. The third-order valence-electron chi connectivity index (χ3n) is 11.8. The van der Waals surface area contributed by atoms with Crippen LogP contribution in [0.25, 0.3) is 11.1 Å². The summed E-state index contributed by atoms with van der Waals surface area (Å²) in [6.07, 6.45) is 39.6. The van der Waals surface area contributed by atoms with E-state index in [4.69, 9.17) is 0 Å². The fourth-order valence-electron chi connectivity index (χ4n) is 9.55. The van der Waals surface area contributed by atoms with Gasteiger partial charge in [-0.25, -0.2) is 0 Å². The normalized spacial score (nSPS) is 17.8. The molecule has 6 heteroatoms. The molecule has 0 aromatic heterocycles. The van der Waals surface area contributed by atoms with E-state index in [0.29, 0.717) is 5.16 Å². The molecule has 0 bridgehead atoms. The SMILES string of the molecule is CCCCCCCCCCCCCCCCCCC1(P(C2CCCCC2)C2CCCCC2)c2ccccc2-c2ccccc21.F[B-](F)(F)F. The first-order chi connectivity index (χ1) is 23.9. The lowest BCUT2D eigenvalue weighted by atomic mass is 9.89. The predicted octanol–water partition coefficient (Wildman–Crippen LogP) is 16.0. The summed E-state index contributed by atoms with van der Waals surface area (Å²) in [5, 5.41) is 0.294. The predicted molar refractivity (Wildman–Crippen MR) is 208 cm³/mol. The number of rotatable bonds is 20. The Morgan fingerprint density at radius 3 is 1.20 bits per heavy atom. The van der Waals surface area contributed by atoms with Crippen molar-refractivity contribution in [3.8, 4) is 11.1 Å². The van der Waals surface area contributed by atoms with E-state index in [1.54, 1.807) is 22.3 Å². The molecule has 0 radical (unpaired) electrons. The molecule has 0 spiro atoms. The van der Waals surface area contributed by atoms with Crippen molar-refractivity contribution in [1.29, 1.82) is 0 Å². The van der Waals surface area contributed by atoms with Crippen LogP contribution in [-0.4, -0.2) is 18.6 Å². The average molecular weight is 702 g/mol. The minimum absolute atomic E-state index is 0.0992. The summed E-state index contributed by atoms with van der Waals surface area (Å²) in [7, 11) is -6.10. The standard InChI is InChI=1S/C43H67P.BF4/c1-2-3-4-5-6-7-8-9-10-11-12-13-14-15-16-27-36-43(41-34-25-23-32-39(41)40-33-24-26-35-42(40)43)44(37-28-19-17-20-29-37)38-30-21-18-22-31-38;2-1(3,4)5/h23-26,32-35,37-38H,2-22,27-31,36H2,1H3;/q;-1. The van der Waals surface area contributed by atoms with Crippen molar-refractivity contribution < 1.29 is 17.3 Å². The van der Waals surface area contributed by atoms with Gasteiger partial charge in [0.1, 0.15) is 0 Å². The molecular formula is C43H67BF4P-. The van der Waals surface area contributed by atoms with Gasteiger partial charge in [0.2, 0.25) is 0 Å². The maximum absolute atomic E-state index is 9.75. The number of benzene rings is 2. The molecule has 49 heavy (non-hydrogen) atoms. The second-order valence-electron chi connectivity index (χ2n) is 15.5. The largest absolute Gasteiger partial charge is 0.673 e. The quantitative estimate of drug-likeness (QED) is 0.0558. The van der Waals surface area contributed by atoms with Gasteiger partial charge in [-0.15, -0.1) is 0 Å². The van der Waals surface area contributed by atoms with Crippen LogP contribution in [0.5, 0.6) is 0 Å². The van der Waals surface area contributed by atoms with Gasteiger partial charge in [0, 0.05) is 5.16 Å². The highest BCUT2D eigenvalue weighted by Crippen LogP contribution is 2.74. The van der Waals surface area contributed by atoms with E-state index in [1.807, 2.05) is 0 Å². The van der Waals surface area contributed by atoms with E-state index in [1.165, 1.54) is 173 Å². The highest BCUT2D eigenvalue weighted by atomic mass is 31.1. The molecule has 0 unspecified atom stereocenters. The Morgan fingerprint density at radius 1 is 0.510 bits per heavy atom. The van der Waals surface area contributed by atoms with Crippen LogP contribution in [0.2, 0.25) is 0 Å². The zero-order chi connectivity index (χ0) is 34.8. The van der Waals surface area contributed by atoms with Crippen LogP contribution in [-0.2, 0) is 5.16 Å². The summed E-state index contributed by atoms with van der Waals surface area (Å²) in [6, 6.07) is 19.5. The van der Waals surface area contributed by atoms with Crippen LogP contribution >= 0.6 is 7.92 Å². The Labute approximate surface area is 299 Å². The van der Waals surface area contributed by atoms with Gasteiger partial charge in [-0.3, -0.25) is 0 Å². The van der Waals surface area contributed by atoms with Crippen LogP contribution in [0.4, 0.5) is 17.3 Å². The molecule has 0 heterocycles. The first kappa shape index (κ1) is 40.4. The summed E-state index contributed by atoms with van der Waals surface area (Å²) in [5.74, 6) is 0. The van der Waals surface area contributed by atoms with Gasteiger partial charge in [-0.1, -0.05) is 205 Å². The number of unbranched alkanes of at least 4 members (excludes halogenated alkanes) is 15. The second-order valence-corrected chi connectivity index (χ2v) is 18.5. The lowest BCUT2D eigenvalue weighted by Crippen LogP contribution is -2.34. The van der Waals surface area contributed by atoms with Gasteiger partial charge in [0.05, 0.1) is 0 Å². The molecule has 0 N–H and O–H groups in total. The molecule has 0 aliphatic heterocycles. The minimum Gasteiger partial charge on any atom is -0.418 e. The van der Waals surface area contributed by atoms with Gasteiger partial charge in [0.25, 0.3) is 0 Å². The molecule has 2 aromatic carbocycles. The van der Waals surface area contributed by atoms with Crippen LogP contribution < -0.4 is 0 Å². The van der Waals surface area contributed by atoms with Crippen molar-refractivity contribution in [3.63, 3.8) is 0 Å². The number of halogens is 4. The highest BCUT2D eigenvalue weighted by Gasteiger charge is 2.52. The molecule has 0 amide bonds. The van der Waals surface area contributed by atoms with Crippen LogP contribution in [0.1, 0.15) is 191 Å². The van der Waals surface area contributed by atoms with Gasteiger partial charge >= 0.3 is 7.25 Å². The monoisotopic (exact) mass is 702 g/mol. The summed E-state index contributed by atoms with van der Waals surface area (Å²) >= 11 is 0. The van der Waals surface area contributed by atoms with Crippen molar-refractivity contribution in [2.24, 2.45) is 0 Å². The lowest BCUT2D eigenvalue weighted by molar-refractivity contribution is 0.368. The molecular weight excluding hydrogens is 634 g/mol. The molecule has 2 saturated carbocycles. The molecule has 3 aliphatic carbocycles. The molecule has 2 fully saturated rings. The average Bonchev–Trinajstić information content (AvgIpc) is 3.38. The molecule has 0 nitrogen and oxygen atoms in total. The Balaban J connectivity index is 0.00000101. The van der Waals surface area contributed by atoms with Crippen LogP contribution in [0.15, 0.2) is 48.5 Å². The fraction of sp³-hybridized carbons (Fsp3) is 0.721. The van der Waals surface area contributed by atoms with Gasteiger partial charge < -0.3 is 17.3 Å². The second kappa shape index (κ2) is 21.9. The van der Waals surface area contributed by atoms with Crippen molar-refractivity contribution in [1.82, 2.24) is 0 Å². The van der Waals surface area contributed by atoms with Crippen molar-refractivity contribution >= 4 is 15.2 Å². The van der Waals surface area contributed by atoms with Crippen LogP contribution in [0.3, 0.4) is 0 Å². The highest BCUT2D eigenvalue weighted by molar-refractivity contribution is 7.60. The Morgan fingerprint density at radius 2 is 0.837 bits per heavy atom. The maximum atomic E-state index is 9.75. The summed E-state index contributed by atoms with van der Waals surface area (Å²) < 4.78 is 39.0. The molecule has 2 aromatic rings. The first-order valence-corrected chi connectivity index (χ1v) is 22.2. The molecule has 3 aliphatic rings. The molecule has 276 valence electrons. The Kier molecular flexibility index (Phi) is 18.1.